The van der Waals surface area contributed by atoms with E-state index in [0.717, 1.165) is 53.8 Å². The molecule has 4 aromatic rings. The van der Waals surface area contributed by atoms with Crippen molar-refractivity contribution < 1.29 is 9.18 Å². The van der Waals surface area contributed by atoms with Gasteiger partial charge in [0.15, 0.2) is 5.65 Å². The summed E-state index contributed by atoms with van der Waals surface area (Å²) in [6.07, 6.45) is 5.56. The second-order valence-electron chi connectivity index (χ2n) is 8.60. The molecule has 33 heavy (non-hydrogen) atoms. The molecule has 0 aliphatic carbocycles. The Morgan fingerprint density at radius 1 is 1.00 bits per heavy atom. The predicted molar refractivity (Wildman–Crippen MR) is 128 cm³/mol. The zero-order chi connectivity index (χ0) is 22.8. The molecular formula is C27H27FN4O. The second-order valence-corrected chi connectivity index (χ2v) is 8.60. The van der Waals surface area contributed by atoms with Crippen LogP contribution in [0.3, 0.4) is 0 Å². The molecule has 168 valence electrons. The van der Waals surface area contributed by atoms with E-state index in [0.29, 0.717) is 24.7 Å². The third-order valence-corrected chi connectivity index (χ3v) is 6.42. The number of amides is 1. The van der Waals surface area contributed by atoms with Crippen molar-refractivity contribution in [1.82, 2.24) is 19.4 Å². The summed E-state index contributed by atoms with van der Waals surface area (Å²) in [6.45, 7) is 3.59. The number of hydrogen-bond acceptors (Lipinski definition) is 3. The number of aromatic nitrogens is 3. The van der Waals surface area contributed by atoms with E-state index in [9.17, 15) is 9.18 Å². The molecule has 1 aliphatic heterocycles. The number of benzene rings is 2. The second kappa shape index (κ2) is 9.14. The van der Waals surface area contributed by atoms with Gasteiger partial charge in [-0.25, -0.2) is 14.4 Å². The molecule has 1 saturated heterocycles. The first-order valence-corrected chi connectivity index (χ1v) is 11.6. The van der Waals surface area contributed by atoms with Crippen LogP contribution in [0, 0.1) is 5.82 Å². The number of nitrogens with zero attached hydrogens (tertiary/aromatic N) is 4. The van der Waals surface area contributed by atoms with E-state index < -0.39 is 0 Å². The van der Waals surface area contributed by atoms with Crippen molar-refractivity contribution in [3.8, 4) is 11.1 Å². The number of carbonyl (C=O) groups is 1. The summed E-state index contributed by atoms with van der Waals surface area (Å²) in [7, 11) is 0. The van der Waals surface area contributed by atoms with Crippen molar-refractivity contribution >= 4 is 17.1 Å². The smallest absolute Gasteiger partial charge is 0.253 e. The number of pyridine rings is 1. The molecule has 1 fully saturated rings. The maximum Gasteiger partial charge on any atom is 0.253 e. The van der Waals surface area contributed by atoms with Crippen LogP contribution < -0.4 is 0 Å². The summed E-state index contributed by atoms with van der Waals surface area (Å²) in [5.41, 5.74) is 4.47. The highest BCUT2D eigenvalue weighted by molar-refractivity contribution is 5.94. The normalized spacial score (nSPS) is 14.7. The number of carbonyl (C=O) groups excluding carboxylic acids is 1. The fourth-order valence-corrected chi connectivity index (χ4v) is 4.72. The molecule has 1 aliphatic rings. The summed E-state index contributed by atoms with van der Waals surface area (Å²) >= 11 is 0. The van der Waals surface area contributed by atoms with Gasteiger partial charge in [0.1, 0.15) is 17.2 Å². The predicted octanol–water partition coefficient (Wildman–Crippen LogP) is 5.67. The molecular weight excluding hydrogens is 415 g/mol. The van der Waals surface area contributed by atoms with E-state index in [2.05, 4.69) is 16.5 Å². The Bertz CT molecular complexity index is 1260. The van der Waals surface area contributed by atoms with Crippen LogP contribution in [0.2, 0.25) is 0 Å². The number of aryl methyl sites for hydroxylation is 1. The van der Waals surface area contributed by atoms with Crippen molar-refractivity contribution in [1.29, 1.82) is 0 Å². The Kier molecular flexibility index (Phi) is 5.90. The maximum atomic E-state index is 13.2. The van der Waals surface area contributed by atoms with Gasteiger partial charge in [0.05, 0.1) is 0 Å². The van der Waals surface area contributed by atoms with Gasteiger partial charge in [0, 0.05) is 37.3 Å². The van der Waals surface area contributed by atoms with Crippen molar-refractivity contribution in [2.24, 2.45) is 0 Å². The van der Waals surface area contributed by atoms with Crippen molar-refractivity contribution in [3.05, 3.63) is 84.1 Å². The Labute approximate surface area is 192 Å². The summed E-state index contributed by atoms with van der Waals surface area (Å²) in [6, 6.07) is 18.2. The van der Waals surface area contributed by atoms with Crippen molar-refractivity contribution in [3.63, 3.8) is 0 Å². The maximum absolute atomic E-state index is 13.2. The summed E-state index contributed by atoms with van der Waals surface area (Å²) in [5.74, 6) is 0.893. The molecule has 0 atom stereocenters. The number of likely N-dealkylation sites (tertiary alicyclic amines) is 1. The van der Waals surface area contributed by atoms with Gasteiger partial charge in [0.25, 0.3) is 5.91 Å². The topological polar surface area (TPSA) is 51.0 Å². The fourth-order valence-electron chi connectivity index (χ4n) is 4.72. The standard InChI is InChI=1S/C27H27FN4O/c1-2-4-25-30-24-5-3-16-29-26(24)32(25)23-14-17-31(18-15-23)27(33)21-8-6-19(7-9-21)20-10-12-22(28)13-11-20/h3,5-13,16,23H,2,4,14-15,17-18H2,1H3. The Balaban J connectivity index is 1.29. The van der Waals surface area contributed by atoms with Gasteiger partial charge in [-0.05, 0) is 66.8 Å². The average Bonchev–Trinajstić information content (AvgIpc) is 3.22. The van der Waals surface area contributed by atoms with E-state index in [1.54, 1.807) is 12.1 Å². The molecule has 2 aromatic heterocycles. The molecule has 1 amide bonds. The number of imidazole rings is 1. The molecule has 6 heteroatoms. The van der Waals surface area contributed by atoms with Gasteiger partial charge in [-0.15, -0.1) is 0 Å². The number of hydrogen-bond donors (Lipinski definition) is 0. The average molecular weight is 443 g/mol. The van der Waals surface area contributed by atoms with Crippen LogP contribution in [0.1, 0.15) is 48.4 Å². The summed E-state index contributed by atoms with van der Waals surface area (Å²) in [4.78, 5) is 24.5. The van der Waals surface area contributed by atoms with E-state index in [1.807, 2.05) is 47.5 Å². The summed E-state index contributed by atoms with van der Waals surface area (Å²) in [5, 5.41) is 0. The number of piperidine rings is 1. The highest BCUT2D eigenvalue weighted by Gasteiger charge is 2.27. The molecule has 0 radical (unpaired) electrons. The minimum Gasteiger partial charge on any atom is -0.338 e. The van der Waals surface area contributed by atoms with Crippen LogP contribution in [0.4, 0.5) is 4.39 Å². The first kappa shape index (κ1) is 21.3. The Morgan fingerprint density at radius 3 is 2.33 bits per heavy atom. The molecule has 2 aromatic carbocycles. The monoisotopic (exact) mass is 442 g/mol. The van der Waals surface area contributed by atoms with Crippen molar-refractivity contribution in [2.75, 3.05) is 13.1 Å². The van der Waals surface area contributed by atoms with E-state index in [-0.39, 0.29) is 11.7 Å². The lowest BCUT2D eigenvalue weighted by atomic mass is 10.0. The third-order valence-electron chi connectivity index (χ3n) is 6.42. The molecule has 0 unspecified atom stereocenters. The highest BCUT2D eigenvalue weighted by Crippen LogP contribution is 2.29. The van der Waals surface area contributed by atoms with Crippen LogP contribution in [0.15, 0.2) is 66.9 Å². The van der Waals surface area contributed by atoms with Gasteiger partial charge in [-0.3, -0.25) is 4.79 Å². The largest absolute Gasteiger partial charge is 0.338 e. The van der Waals surface area contributed by atoms with Crippen molar-refractivity contribution in [2.45, 2.75) is 38.6 Å². The van der Waals surface area contributed by atoms with E-state index in [4.69, 9.17) is 4.98 Å². The highest BCUT2D eigenvalue weighted by atomic mass is 19.1. The molecule has 3 heterocycles. The van der Waals surface area contributed by atoms with Crippen LogP contribution in [0.5, 0.6) is 0 Å². The lowest BCUT2D eigenvalue weighted by Gasteiger charge is -2.33. The van der Waals surface area contributed by atoms with E-state index >= 15 is 0 Å². The first-order chi connectivity index (χ1) is 16.1. The molecule has 0 N–H and O–H groups in total. The van der Waals surface area contributed by atoms with Crippen LogP contribution >= 0.6 is 0 Å². The fraction of sp³-hybridized carbons (Fsp3) is 0.296. The lowest BCUT2D eigenvalue weighted by molar-refractivity contribution is 0.0695. The van der Waals surface area contributed by atoms with Crippen LogP contribution in [-0.4, -0.2) is 38.4 Å². The van der Waals surface area contributed by atoms with E-state index in [1.165, 1.54) is 12.1 Å². The molecule has 0 saturated carbocycles. The molecule has 0 bridgehead atoms. The van der Waals surface area contributed by atoms with Gasteiger partial charge in [0.2, 0.25) is 0 Å². The molecule has 0 spiro atoms. The number of fused-ring (bicyclic) bond motifs is 1. The number of halogens is 1. The van der Waals surface area contributed by atoms with Gasteiger partial charge in [-0.1, -0.05) is 31.2 Å². The van der Waals surface area contributed by atoms with Crippen LogP contribution in [-0.2, 0) is 6.42 Å². The quantitative estimate of drug-likeness (QED) is 0.400. The third kappa shape index (κ3) is 4.25. The van der Waals surface area contributed by atoms with Crippen LogP contribution in [0.25, 0.3) is 22.3 Å². The Hall–Kier alpha value is -3.54. The first-order valence-electron chi connectivity index (χ1n) is 11.6. The van der Waals surface area contributed by atoms with Gasteiger partial charge in [-0.2, -0.15) is 0 Å². The Morgan fingerprint density at radius 2 is 1.67 bits per heavy atom. The summed E-state index contributed by atoms with van der Waals surface area (Å²) < 4.78 is 15.5. The lowest BCUT2D eigenvalue weighted by Crippen LogP contribution is -2.39. The minimum absolute atomic E-state index is 0.0569. The van der Waals surface area contributed by atoms with Gasteiger partial charge < -0.3 is 9.47 Å². The zero-order valence-electron chi connectivity index (χ0n) is 18.7. The molecule has 5 nitrogen and oxygen atoms in total. The minimum atomic E-state index is -0.254. The SMILES string of the molecule is CCCc1nc2cccnc2n1C1CCN(C(=O)c2ccc(-c3ccc(F)cc3)cc2)CC1. The molecule has 5 rings (SSSR count). The van der Waals surface area contributed by atoms with Gasteiger partial charge >= 0.3 is 0 Å². The number of rotatable bonds is 5. The zero-order valence-corrected chi connectivity index (χ0v) is 18.7.